The van der Waals surface area contributed by atoms with Crippen molar-refractivity contribution < 1.29 is 14.0 Å². The van der Waals surface area contributed by atoms with Gasteiger partial charge in [-0.05, 0) is 18.2 Å². The molecule has 4 nitrogen and oxygen atoms in total. The lowest BCUT2D eigenvalue weighted by molar-refractivity contribution is -0.117. The highest BCUT2D eigenvalue weighted by Gasteiger charge is 1.96. The van der Waals surface area contributed by atoms with Crippen LogP contribution in [-0.2, 0) is 4.79 Å². The molecule has 0 bridgehead atoms. The number of carbonyl (C=O) groups excluding carboxylic acids is 2. The molecule has 0 saturated carbocycles. The Kier molecular flexibility index (Phi) is 3.03. The van der Waals surface area contributed by atoms with Gasteiger partial charge in [0.15, 0.2) is 12.0 Å². The summed E-state index contributed by atoms with van der Waals surface area (Å²) in [5.41, 5.74) is 4.91. The van der Waals surface area contributed by atoms with E-state index in [-0.39, 0.29) is 12.2 Å². The molecule has 0 unspecified atom stereocenters. The van der Waals surface area contributed by atoms with Gasteiger partial charge in [-0.3, -0.25) is 9.59 Å². The molecule has 0 aliphatic heterocycles. The number of carbonyl (C=O) groups is 2. The Hall–Kier alpha value is -1.84. The molecule has 0 radical (unpaired) electrons. The fourth-order valence-electron chi connectivity index (χ4n) is 0.813. The first kappa shape index (κ1) is 9.25. The maximum Gasteiger partial charge on any atom is 0.221 e. The second kappa shape index (κ2) is 4.25. The van der Waals surface area contributed by atoms with Gasteiger partial charge in [-0.1, -0.05) is 6.08 Å². The van der Waals surface area contributed by atoms with Gasteiger partial charge in [0.1, 0.15) is 5.76 Å². The molecule has 0 fully saturated rings. The van der Waals surface area contributed by atoms with Crippen molar-refractivity contribution in [3.05, 3.63) is 29.7 Å². The molecule has 0 spiro atoms. The number of hydrogen-bond acceptors (Lipinski definition) is 3. The van der Waals surface area contributed by atoms with Crippen LogP contribution in [0.1, 0.15) is 22.7 Å². The van der Waals surface area contributed by atoms with Gasteiger partial charge in [0.25, 0.3) is 0 Å². The van der Waals surface area contributed by atoms with E-state index in [2.05, 4.69) is 0 Å². The van der Waals surface area contributed by atoms with Gasteiger partial charge in [0.05, 0.1) is 0 Å². The topological polar surface area (TPSA) is 73.3 Å². The molecule has 1 rings (SSSR count). The van der Waals surface area contributed by atoms with E-state index in [1.54, 1.807) is 24.3 Å². The summed E-state index contributed by atoms with van der Waals surface area (Å²) in [6.07, 6.45) is 3.95. The Balaban J connectivity index is 2.58. The molecule has 1 aromatic heterocycles. The van der Waals surface area contributed by atoms with Gasteiger partial charge in [-0.15, -0.1) is 0 Å². The summed E-state index contributed by atoms with van der Waals surface area (Å²) >= 11 is 0. The molecule has 0 aromatic carbocycles. The van der Waals surface area contributed by atoms with Gasteiger partial charge in [0, 0.05) is 6.42 Å². The molecule has 2 N–H and O–H groups in total. The van der Waals surface area contributed by atoms with E-state index < -0.39 is 5.91 Å². The molecule has 68 valence electrons. The average molecular weight is 179 g/mol. The Bertz CT molecular complexity index is 338. The van der Waals surface area contributed by atoms with Gasteiger partial charge >= 0.3 is 0 Å². The molecule has 1 aromatic rings. The predicted molar refractivity (Wildman–Crippen MR) is 46.9 cm³/mol. The minimum atomic E-state index is -0.404. The Morgan fingerprint density at radius 3 is 2.69 bits per heavy atom. The summed E-state index contributed by atoms with van der Waals surface area (Å²) < 4.78 is 5.01. The van der Waals surface area contributed by atoms with E-state index in [0.717, 1.165) is 0 Å². The van der Waals surface area contributed by atoms with Crippen molar-refractivity contribution in [3.63, 3.8) is 0 Å². The Labute approximate surface area is 75.0 Å². The largest absolute Gasteiger partial charge is 0.454 e. The van der Waals surface area contributed by atoms with E-state index in [1.165, 1.54) is 0 Å². The van der Waals surface area contributed by atoms with Crippen LogP contribution in [-0.4, -0.2) is 12.2 Å². The quantitative estimate of drug-likeness (QED) is 0.700. The van der Waals surface area contributed by atoms with Crippen molar-refractivity contribution in [2.45, 2.75) is 6.42 Å². The van der Waals surface area contributed by atoms with Gasteiger partial charge in [-0.25, -0.2) is 0 Å². The minimum absolute atomic E-state index is 0.164. The predicted octanol–water partition coefficient (Wildman–Crippen LogP) is 0.981. The van der Waals surface area contributed by atoms with E-state index in [1.807, 2.05) is 0 Å². The van der Waals surface area contributed by atoms with Crippen molar-refractivity contribution in [1.82, 2.24) is 0 Å². The second-order valence-corrected chi connectivity index (χ2v) is 2.43. The van der Waals surface area contributed by atoms with E-state index in [0.29, 0.717) is 12.0 Å². The van der Waals surface area contributed by atoms with Crippen molar-refractivity contribution in [2.24, 2.45) is 5.73 Å². The maximum atomic E-state index is 10.3. The first-order valence-corrected chi connectivity index (χ1v) is 3.72. The van der Waals surface area contributed by atoms with Crippen LogP contribution >= 0.6 is 0 Å². The molecule has 0 aliphatic rings. The van der Waals surface area contributed by atoms with Crippen LogP contribution in [0.2, 0.25) is 0 Å². The van der Waals surface area contributed by atoms with Crippen molar-refractivity contribution in [2.75, 3.05) is 0 Å². The molecular weight excluding hydrogens is 170 g/mol. The highest BCUT2D eigenvalue weighted by molar-refractivity contribution is 5.76. The molecule has 0 atom stereocenters. The summed E-state index contributed by atoms with van der Waals surface area (Å²) in [7, 11) is 0. The Morgan fingerprint density at radius 1 is 1.46 bits per heavy atom. The highest BCUT2D eigenvalue weighted by Crippen LogP contribution is 2.07. The van der Waals surface area contributed by atoms with Gasteiger partial charge < -0.3 is 10.2 Å². The fraction of sp³-hybridized carbons (Fsp3) is 0.111. The molecule has 0 saturated heterocycles. The third-order valence-corrected chi connectivity index (χ3v) is 1.36. The highest BCUT2D eigenvalue weighted by atomic mass is 16.3. The van der Waals surface area contributed by atoms with Crippen LogP contribution in [0.3, 0.4) is 0 Å². The molecule has 1 amide bonds. The van der Waals surface area contributed by atoms with Crippen LogP contribution in [0, 0.1) is 0 Å². The van der Waals surface area contributed by atoms with E-state index in [9.17, 15) is 9.59 Å². The summed E-state index contributed by atoms with van der Waals surface area (Å²) in [4.78, 5) is 20.5. The fourth-order valence-corrected chi connectivity index (χ4v) is 0.813. The summed E-state index contributed by atoms with van der Waals surface area (Å²) in [5.74, 6) is 0.389. The van der Waals surface area contributed by atoms with Crippen LogP contribution in [0.15, 0.2) is 22.6 Å². The molecule has 13 heavy (non-hydrogen) atoms. The lowest BCUT2D eigenvalue weighted by Gasteiger charge is -1.84. The van der Waals surface area contributed by atoms with Crippen LogP contribution in [0.25, 0.3) is 6.08 Å². The van der Waals surface area contributed by atoms with Gasteiger partial charge in [-0.2, -0.15) is 0 Å². The SMILES string of the molecule is NC(=O)CC=Cc1ccc(C=O)o1. The monoisotopic (exact) mass is 179 g/mol. The number of furan rings is 1. The average Bonchev–Trinajstić information content (AvgIpc) is 2.52. The normalized spacial score (nSPS) is 10.5. The van der Waals surface area contributed by atoms with E-state index >= 15 is 0 Å². The number of amides is 1. The first-order chi connectivity index (χ1) is 6.22. The zero-order valence-electron chi connectivity index (χ0n) is 6.90. The summed E-state index contributed by atoms with van der Waals surface area (Å²) in [5, 5.41) is 0. The van der Waals surface area contributed by atoms with Crippen LogP contribution in [0.5, 0.6) is 0 Å². The zero-order valence-corrected chi connectivity index (χ0v) is 6.90. The number of hydrogen-bond donors (Lipinski definition) is 1. The lowest BCUT2D eigenvalue weighted by Crippen LogP contribution is -2.07. The Morgan fingerprint density at radius 2 is 2.15 bits per heavy atom. The lowest BCUT2D eigenvalue weighted by atomic mass is 10.3. The molecular formula is C9H9NO3. The number of nitrogens with two attached hydrogens (primary N) is 1. The zero-order chi connectivity index (χ0) is 9.68. The summed E-state index contributed by atoms with van der Waals surface area (Å²) in [6, 6.07) is 3.19. The maximum absolute atomic E-state index is 10.3. The second-order valence-electron chi connectivity index (χ2n) is 2.43. The molecule has 1 heterocycles. The minimum Gasteiger partial charge on any atom is -0.454 e. The summed E-state index contributed by atoms with van der Waals surface area (Å²) in [6.45, 7) is 0. The standard InChI is InChI=1S/C9H9NO3/c10-9(12)3-1-2-7-4-5-8(6-11)13-7/h1-2,4-6H,3H2,(H2,10,12). The third-order valence-electron chi connectivity index (χ3n) is 1.36. The van der Waals surface area contributed by atoms with E-state index in [4.69, 9.17) is 10.2 Å². The number of rotatable bonds is 4. The van der Waals surface area contributed by atoms with Crippen LogP contribution < -0.4 is 5.73 Å². The smallest absolute Gasteiger partial charge is 0.221 e. The number of primary amides is 1. The molecule has 0 aliphatic carbocycles. The number of aldehydes is 1. The van der Waals surface area contributed by atoms with Crippen LogP contribution in [0.4, 0.5) is 0 Å². The van der Waals surface area contributed by atoms with Crippen molar-refractivity contribution in [3.8, 4) is 0 Å². The van der Waals surface area contributed by atoms with Gasteiger partial charge in [0.2, 0.25) is 5.91 Å². The third kappa shape index (κ3) is 2.94. The first-order valence-electron chi connectivity index (χ1n) is 3.72. The molecule has 4 heteroatoms. The van der Waals surface area contributed by atoms with Crippen molar-refractivity contribution >= 4 is 18.3 Å². The van der Waals surface area contributed by atoms with Crippen molar-refractivity contribution in [1.29, 1.82) is 0 Å².